The van der Waals surface area contributed by atoms with Gasteiger partial charge in [-0.2, -0.15) is 0 Å². The number of Topliss-reactive ketones (excluding diaryl/α,β-unsaturated/α-hetero) is 1. The fourth-order valence-electron chi connectivity index (χ4n) is 1.14. The lowest BCUT2D eigenvalue weighted by molar-refractivity contribution is 0.101. The zero-order valence-corrected chi connectivity index (χ0v) is 8.36. The highest BCUT2D eigenvalue weighted by atomic mass is 16.1. The molecule has 1 aromatic rings. The van der Waals surface area contributed by atoms with Crippen LogP contribution >= 0.6 is 0 Å². The number of carbonyl (C=O) groups excluding carboxylic acids is 1. The summed E-state index contributed by atoms with van der Waals surface area (Å²) < 4.78 is 0. The van der Waals surface area contributed by atoms with Gasteiger partial charge in [-0.15, -0.1) is 0 Å². The Morgan fingerprint density at radius 1 is 1.36 bits per heavy atom. The van der Waals surface area contributed by atoms with Crippen LogP contribution in [0.25, 0.3) is 6.08 Å². The molecule has 0 heterocycles. The number of ketones is 1. The molecular formula is C12H15NO. The Labute approximate surface area is 84.4 Å². The van der Waals surface area contributed by atoms with Crippen LogP contribution < -0.4 is 5.73 Å². The molecule has 0 saturated heterocycles. The number of nitrogens with two attached hydrogens (primary N) is 1. The highest BCUT2D eigenvalue weighted by Crippen LogP contribution is 2.06. The van der Waals surface area contributed by atoms with Gasteiger partial charge in [0.25, 0.3) is 0 Å². The summed E-state index contributed by atoms with van der Waals surface area (Å²) in [7, 11) is 0. The second-order valence-electron chi connectivity index (χ2n) is 3.16. The Bertz CT molecular complexity index is 325. The molecule has 2 N–H and O–H groups in total. The Morgan fingerprint density at radius 3 is 2.50 bits per heavy atom. The predicted molar refractivity (Wildman–Crippen MR) is 59.2 cm³/mol. The molecule has 0 unspecified atom stereocenters. The van der Waals surface area contributed by atoms with Crippen molar-refractivity contribution in [2.75, 3.05) is 6.54 Å². The van der Waals surface area contributed by atoms with Gasteiger partial charge in [-0.1, -0.05) is 36.4 Å². The standard InChI is InChI=1S/C12H15NO/c1-10(14)12-7-5-11(6-8-12)4-2-3-9-13/h2,4-8H,3,9,13H2,1H3. The molecule has 0 fully saturated rings. The molecule has 1 aromatic carbocycles. The summed E-state index contributed by atoms with van der Waals surface area (Å²) in [6.45, 7) is 2.24. The van der Waals surface area contributed by atoms with Gasteiger partial charge in [0.1, 0.15) is 0 Å². The first kappa shape index (κ1) is 10.7. The lowest BCUT2D eigenvalue weighted by Crippen LogP contribution is -1.95. The molecule has 0 aromatic heterocycles. The normalized spacial score (nSPS) is 10.7. The van der Waals surface area contributed by atoms with Crippen molar-refractivity contribution in [1.29, 1.82) is 0 Å². The van der Waals surface area contributed by atoms with Gasteiger partial charge in [0.05, 0.1) is 0 Å². The zero-order valence-electron chi connectivity index (χ0n) is 8.36. The first-order valence-corrected chi connectivity index (χ1v) is 4.71. The maximum absolute atomic E-state index is 11.0. The molecule has 0 aliphatic rings. The molecule has 0 spiro atoms. The van der Waals surface area contributed by atoms with Crippen LogP contribution in [0.5, 0.6) is 0 Å². The first-order valence-electron chi connectivity index (χ1n) is 4.71. The Hall–Kier alpha value is -1.41. The summed E-state index contributed by atoms with van der Waals surface area (Å²) in [5.41, 5.74) is 7.21. The summed E-state index contributed by atoms with van der Waals surface area (Å²) in [6.07, 6.45) is 4.92. The highest BCUT2D eigenvalue weighted by Gasteiger charge is 1.96. The molecule has 74 valence electrons. The molecule has 0 aliphatic carbocycles. The van der Waals surface area contributed by atoms with Crippen molar-refractivity contribution < 1.29 is 4.79 Å². The molecule has 0 aliphatic heterocycles. The van der Waals surface area contributed by atoms with Gasteiger partial charge < -0.3 is 5.73 Å². The molecule has 0 bridgehead atoms. The Kier molecular flexibility index (Phi) is 4.08. The molecule has 14 heavy (non-hydrogen) atoms. The lowest BCUT2D eigenvalue weighted by Gasteiger charge is -1.96. The van der Waals surface area contributed by atoms with Crippen LogP contribution in [-0.4, -0.2) is 12.3 Å². The third-order valence-electron chi connectivity index (χ3n) is 1.96. The van der Waals surface area contributed by atoms with Gasteiger partial charge in [0.2, 0.25) is 0 Å². The van der Waals surface area contributed by atoms with E-state index in [2.05, 4.69) is 0 Å². The van der Waals surface area contributed by atoms with E-state index in [4.69, 9.17) is 5.73 Å². The van der Waals surface area contributed by atoms with Crippen LogP contribution in [0.3, 0.4) is 0 Å². The van der Waals surface area contributed by atoms with Gasteiger partial charge in [0.15, 0.2) is 5.78 Å². The minimum absolute atomic E-state index is 0.0995. The van der Waals surface area contributed by atoms with E-state index in [1.807, 2.05) is 36.4 Å². The molecule has 2 heteroatoms. The van der Waals surface area contributed by atoms with Crippen molar-refractivity contribution in [2.24, 2.45) is 5.73 Å². The number of hydrogen-bond donors (Lipinski definition) is 1. The van der Waals surface area contributed by atoms with E-state index in [1.165, 1.54) is 0 Å². The number of carbonyl (C=O) groups is 1. The van der Waals surface area contributed by atoms with Crippen molar-refractivity contribution in [2.45, 2.75) is 13.3 Å². The topological polar surface area (TPSA) is 43.1 Å². The predicted octanol–water partition coefficient (Wildman–Crippen LogP) is 2.25. The van der Waals surface area contributed by atoms with Crippen LogP contribution in [0.2, 0.25) is 0 Å². The first-order chi connectivity index (χ1) is 6.74. The molecule has 1 rings (SSSR count). The van der Waals surface area contributed by atoms with Crippen molar-refractivity contribution in [3.63, 3.8) is 0 Å². The summed E-state index contributed by atoms with van der Waals surface area (Å²) in [5, 5.41) is 0. The van der Waals surface area contributed by atoms with E-state index in [9.17, 15) is 4.79 Å². The third kappa shape index (κ3) is 3.15. The average Bonchev–Trinajstić information content (AvgIpc) is 2.19. The quantitative estimate of drug-likeness (QED) is 0.738. The molecule has 0 saturated carbocycles. The van der Waals surface area contributed by atoms with E-state index in [-0.39, 0.29) is 5.78 Å². The van der Waals surface area contributed by atoms with Crippen molar-refractivity contribution in [1.82, 2.24) is 0 Å². The highest BCUT2D eigenvalue weighted by molar-refractivity contribution is 5.94. The Balaban J connectivity index is 2.68. The molecule has 0 amide bonds. The summed E-state index contributed by atoms with van der Waals surface area (Å²) in [6, 6.07) is 7.54. The average molecular weight is 189 g/mol. The SMILES string of the molecule is CC(=O)c1ccc(C=CCCN)cc1. The monoisotopic (exact) mass is 189 g/mol. The molecule has 2 nitrogen and oxygen atoms in total. The molecular weight excluding hydrogens is 174 g/mol. The van der Waals surface area contributed by atoms with Gasteiger partial charge in [0, 0.05) is 5.56 Å². The third-order valence-corrected chi connectivity index (χ3v) is 1.96. The maximum atomic E-state index is 11.0. The van der Waals surface area contributed by atoms with Crippen LogP contribution in [-0.2, 0) is 0 Å². The van der Waals surface area contributed by atoms with Crippen LogP contribution in [0, 0.1) is 0 Å². The van der Waals surface area contributed by atoms with Gasteiger partial charge in [-0.05, 0) is 25.5 Å². The van der Waals surface area contributed by atoms with Crippen molar-refractivity contribution >= 4 is 11.9 Å². The van der Waals surface area contributed by atoms with E-state index >= 15 is 0 Å². The fraction of sp³-hybridized carbons (Fsp3) is 0.250. The zero-order chi connectivity index (χ0) is 10.4. The van der Waals surface area contributed by atoms with Crippen LogP contribution in [0.4, 0.5) is 0 Å². The van der Waals surface area contributed by atoms with Crippen LogP contribution in [0.15, 0.2) is 30.3 Å². The smallest absolute Gasteiger partial charge is 0.159 e. The van der Waals surface area contributed by atoms with Crippen molar-refractivity contribution in [3.8, 4) is 0 Å². The number of hydrogen-bond acceptors (Lipinski definition) is 2. The number of rotatable bonds is 4. The summed E-state index contributed by atoms with van der Waals surface area (Å²) >= 11 is 0. The minimum atomic E-state index is 0.0995. The van der Waals surface area contributed by atoms with Crippen LogP contribution in [0.1, 0.15) is 29.3 Å². The van der Waals surface area contributed by atoms with Gasteiger partial charge in [-0.3, -0.25) is 4.79 Å². The summed E-state index contributed by atoms with van der Waals surface area (Å²) in [5.74, 6) is 0.0995. The van der Waals surface area contributed by atoms with Crippen molar-refractivity contribution in [3.05, 3.63) is 41.5 Å². The van der Waals surface area contributed by atoms with E-state index in [0.717, 1.165) is 17.5 Å². The second-order valence-corrected chi connectivity index (χ2v) is 3.16. The Morgan fingerprint density at radius 2 is 2.00 bits per heavy atom. The van der Waals surface area contributed by atoms with E-state index in [0.29, 0.717) is 6.54 Å². The van der Waals surface area contributed by atoms with Gasteiger partial charge in [-0.25, -0.2) is 0 Å². The summed E-state index contributed by atoms with van der Waals surface area (Å²) in [4.78, 5) is 11.0. The minimum Gasteiger partial charge on any atom is -0.330 e. The maximum Gasteiger partial charge on any atom is 0.159 e. The van der Waals surface area contributed by atoms with Gasteiger partial charge >= 0.3 is 0 Å². The largest absolute Gasteiger partial charge is 0.330 e. The lowest BCUT2D eigenvalue weighted by atomic mass is 10.1. The second kappa shape index (κ2) is 5.35. The van der Waals surface area contributed by atoms with E-state index in [1.54, 1.807) is 6.92 Å². The molecule has 0 atom stereocenters. The van der Waals surface area contributed by atoms with E-state index < -0.39 is 0 Å². The molecule has 0 radical (unpaired) electrons. The number of benzene rings is 1. The fourth-order valence-corrected chi connectivity index (χ4v) is 1.14.